The summed E-state index contributed by atoms with van der Waals surface area (Å²) in [5, 5.41) is 21.0. The minimum Gasteiger partial charge on any atom is -0.479 e. The number of carboxylic acid groups (broad SMARTS) is 1. The molecule has 138 valence electrons. The highest BCUT2D eigenvalue weighted by atomic mass is 19.1. The number of halogens is 1. The molecular formula is C17H24FN3O4. The molecule has 0 radical (unpaired) electrons. The summed E-state index contributed by atoms with van der Waals surface area (Å²) in [5.41, 5.74) is -1.05. The van der Waals surface area contributed by atoms with Gasteiger partial charge < -0.3 is 20.4 Å². The van der Waals surface area contributed by atoms with E-state index in [0.29, 0.717) is 26.2 Å². The number of piperazine rings is 1. The number of nitrogens with one attached hydrogen (secondary N) is 1. The lowest BCUT2D eigenvalue weighted by molar-refractivity contribution is -0.156. The Labute approximate surface area is 146 Å². The third kappa shape index (κ3) is 4.90. The molecule has 8 heteroatoms. The van der Waals surface area contributed by atoms with Gasteiger partial charge in [0.25, 0.3) is 0 Å². The van der Waals surface area contributed by atoms with Gasteiger partial charge in [0.2, 0.25) is 5.91 Å². The molecule has 0 spiro atoms. The highest BCUT2D eigenvalue weighted by Crippen LogP contribution is 2.17. The Bertz CT molecular complexity index is 613. The van der Waals surface area contributed by atoms with Crippen LogP contribution in [0, 0.1) is 5.82 Å². The third-order valence-corrected chi connectivity index (χ3v) is 4.50. The third-order valence-electron chi connectivity index (χ3n) is 4.50. The monoisotopic (exact) mass is 353 g/mol. The van der Waals surface area contributed by atoms with Crippen LogP contribution in [0.1, 0.15) is 13.8 Å². The number of carboxylic acids is 1. The van der Waals surface area contributed by atoms with Crippen molar-refractivity contribution in [2.24, 2.45) is 0 Å². The number of hydrogen-bond acceptors (Lipinski definition) is 5. The van der Waals surface area contributed by atoms with Crippen LogP contribution in [0.25, 0.3) is 0 Å². The fourth-order valence-corrected chi connectivity index (χ4v) is 2.67. The Balaban J connectivity index is 1.84. The normalized spacial score (nSPS) is 19.1. The first-order valence-corrected chi connectivity index (χ1v) is 8.19. The van der Waals surface area contributed by atoms with Gasteiger partial charge in [0.1, 0.15) is 5.82 Å². The van der Waals surface area contributed by atoms with Crippen molar-refractivity contribution >= 4 is 17.6 Å². The van der Waals surface area contributed by atoms with Crippen LogP contribution in [0.2, 0.25) is 0 Å². The number of aliphatic hydroxyl groups is 1. The number of rotatable bonds is 6. The van der Waals surface area contributed by atoms with Crippen LogP contribution in [0.15, 0.2) is 24.3 Å². The predicted octanol–water partition coefficient (Wildman–Crippen LogP) is 0.288. The van der Waals surface area contributed by atoms with Crippen molar-refractivity contribution in [2.45, 2.75) is 25.5 Å². The molecule has 1 aliphatic heterocycles. The summed E-state index contributed by atoms with van der Waals surface area (Å²) in [6, 6.07) is 5.88. The summed E-state index contributed by atoms with van der Waals surface area (Å²) < 4.78 is 13.0. The second-order valence-corrected chi connectivity index (χ2v) is 6.47. The van der Waals surface area contributed by atoms with E-state index in [9.17, 15) is 19.1 Å². The Morgan fingerprint density at radius 2 is 1.80 bits per heavy atom. The van der Waals surface area contributed by atoms with Crippen LogP contribution in [0.5, 0.6) is 0 Å². The number of amides is 1. The maximum atomic E-state index is 13.0. The molecule has 1 saturated heterocycles. The van der Waals surface area contributed by atoms with Crippen LogP contribution in [0.4, 0.5) is 10.1 Å². The second-order valence-electron chi connectivity index (χ2n) is 6.47. The summed E-state index contributed by atoms with van der Waals surface area (Å²) in [6.07, 6.45) is 0. The van der Waals surface area contributed by atoms with Crippen molar-refractivity contribution in [3.8, 4) is 0 Å². The van der Waals surface area contributed by atoms with Gasteiger partial charge >= 0.3 is 5.97 Å². The molecule has 0 saturated carbocycles. The maximum Gasteiger partial charge on any atom is 0.337 e. The summed E-state index contributed by atoms with van der Waals surface area (Å²) in [7, 11) is 0. The summed E-state index contributed by atoms with van der Waals surface area (Å²) in [4.78, 5) is 27.2. The maximum absolute atomic E-state index is 13.0. The minimum absolute atomic E-state index is 0.273. The fraction of sp³-hybridized carbons (Fsp3) is 0.529. The highest BCUT2D eigenvalue weighted by molar-refractivity contribution is 5.83. The first kappa shape index (κ1) is 19.1. The Morgan fingerprint density at radius 1 is 1.24 bits per heavy atom. The molecule has 0 aromatic heterocycles. The molecule has 1 heterocycles. The quantitative estimate of drug-likeness (QED) is 0.681. The van der Waals surface area contributed by atoms with Gasteiger partial charge in [-0.15, -0.1) is 0 Å². The van der Waals surface area contributed by atoms with Crippen LogP contribution in [-0.4, -0.2) is 71.4 Å². The van der Waals surface area contributed by atoms with E-state index in [4.69, 9.17) is 5.11 Å². The molecule has 1 aromatic carbocycles. The number of nitrogens with zero attached hydrogens (tertiary/aromatic N) is 2. The van der Waals surface area contributed by atoms with Gasteiger partial charge in [0.15, 0.2) is 5.60 Å². The van der Waals surface area contributed by atoms with Gasteiger partial charge in [0, 0.05) is 31.9 Å². The second kappa shape index (κ2) is 7.79. The molecule has 3 N–H and O–H groups in total. The van der Waals surface area contributed by atoms with Gasteiger partial charge in [-0.3, -0.25) is 9.69 Å². The number of hydrogen-bond donors (Lipinski definition) is 3. The molecule has 2 rings (SSSR count). The number of carbonyl (C=O) groups is 2. The van der Waals surface area contributed by atoms with E-state index in [-0.39, 0.29) is 18.3 Å². The van der Waals surface area contributed by atoms with Gasteiger partial charge in [-0.2, -0.15) is 0 Å². The van der Waals surface area contributed by atoms with E-state index >= 15 is 0 Å². The molecular weight excluding hydrogens is 329 g/mol. The van der Waals surface area contributed by atoms with Crippen molar-refractivity contribution in [1.82, 2.24) is 10.2 Å². The lowest BCUT2D eigenvalue weighted by Gasteiger charge is -2.38. The van der Waals surface area contributed by atoms with Gasteiger partial charge in [-0.1, -0.05) is 0 Å². The van der Waals surface area contributed by atoms with E-state index in [0.717, 1.165) is 12.6 Å². The van der Waals surface area contributed by atoms with E-state index < -0.39 is 17.6 Å². The molecule has 2 unspecified atom stereocenters. The first-order valence-electron chi connectivity index (χ1n) is 8.19. The molecule has 1 fully saturated rings. The number of carbonyl (C=O) groups excluding carboxylic acids is 1. The van der Waals surface area contributed by atoms with E-state index in [1.165, 1.54) is 12.1 Å². The van der Waals surface area contributed by atoms with Gasteiger partial charge in [0.05, 0.1) is 12.6 Å². The lowest BCUT2D eigenvalue weighted by Crippen LogP contribution is -2.56. The number of anilines is 1. The summed E-state index contributed by atoms with van der Waals surface area (Å²) >= 11 is 0. The van der Waals surface area contributed by atoms with E-state index in [1.807, 2.05) is 4.90 Å². The molecule has 0 bridgehead atoms. The predicted molar refractivity (Wildman–Crippen MR) is 90.9 cm³/mol. The van der Waals surface area contributed by atoms with Crippen molar-refractivity contribution < 1.29 is 24.2 Å². The molecule has 7 nitrogen and oxygen atoms in total. The standard InChI is InChI=1S/C17H24FN3O4/c1-12(15(22)19-11-17(2,25)16(23)24)20-7-9-21(10-8-20)14-5-3-13(18)4-6-14/h3-6,12,25H,7-11H2,1-2H3,(H,19,22)(H,23,24). The zero-order valence-corrected chi connectivity index (χ0v) is 14.4. The number of benzene rings is 1. The Morgan fingerprint density at radius 3 is 2.32 bits per heavy atom. The molecule has 0 aliphatic carbocycles. The highest BCUT2D eigenvalue weighted by Gasteiger charge is 2.32. The van der Waals surface area contributed by atoms with E-state index in [1.54, 1.807) is 19.1 Å². The van der Waals surface area contributed by atoms with Crippen LogP contribution in [-0.2, 0) is 9.59 Å². The molecule has 1 aliphatic rings. The summed E-state index contributed by atoms with van der Waals surface area (Å²) in [6.45, 7) is 5.26. The zero-order chi connectivity index (χ0) is 18.6. The minimum atomic E-state index is -1.99. The topological polar surface area (TPSA) is 93.1 Å². The largest absolute Gasteiger partial charge is 0.479 e. The van der Waals surface area contributed by atoms with Crippen LogP contribution >= 0.6 is 0 Å². The van der Waals surface area contributed by atoms with E-state index in [2.05, 4.69) is 10.2 Å². The smallest absolute Gasteiger partial charge is 0.337 e. The Kier molecular flexibility index (Phi) is 5.97. The van der Waals surface area contributed by atoms with Crippen molar-refractivity contribution in [2.75, 3.05) is 37.6 Å². The summed E-state index contributed by atoms with van der Waals surface area (Å²) in [5.74, 6) is -1.98. The average Bonchev–Trinajstić information content (AvgIpc) is 2.60. The first-order chi connectivity index (χ1) is 11.7. The van der Waals surface area contributed by atoms with Crippen LogP contribution < -0.4 is 10.2 Å². The Hall–Kier alpha value is -2.19. The van der Waals surface area contributed by atoms with Gasteiger partial charge in [-0.25, -0.2) is 9.18 Å². The SMILES string of the molecule is CC(C(=O)NCC(C)(O)C(=O)O)N1CCN(c2ccc(F)cc2)CC1. The zero-order valence-electron chi connectivity index (χ0n) is 14.4. The van der Waals surface area contributed by atoms with Crippen molar-refractivity contribution in [3.63, 3.8) is 0 Å². The lowest BCUT2D eigenvalue weighted by atomic mass is 10.1. The van der Waals surface area contributed by atoms with Crippen LogP contribution in [0.3, 0.4) is 0 Å². The molecule has 1 aromatic rings. The molecule has 25 heavy (non-hydrogen) atoms. The molecule has 2 atom stereocenters. The fourth-order valence-electron chi connectivity index (χ4n) is 2.67. The van der Waals surface area contributed by atoms with Gasteiger partial charge in [-0.05, 0) is 38.1 Å². The molecule has 1 amide bonds. The number of aliphatic carboxylic acids is 1. The van der Waals surface area contributed by atoms with Crippen molar-refractivity contribution in [3.05, 3.63) is 30.1 Å². The average molecular weight is 353 g/mol. The van der Waals surface area contributed by atoms with Crippen molar-refractivity contribution in [1.29, 1.82) is 0 Å².